The fourth-order valence-electron chi connectivity index (χ4n) is 2.71. The van der Waals surface area contributed by atoms with Crippen molar-refractivity contribution in [2.75, 3.05) is 0 Å². The molecule has 0 radical (unpaired) electrons. The first-order chi connectivity index (χ1) is 10.7. The number of benzene rings is 3. The summed E-state index contributed by atoms with van der Waals surface area (Å²) in [7, 11) is -3.00. The first kappa shape index (κ1) is 14.9. The van der Waals surface area contributed by atoms with E-state index in [-0.39, 0.29) is 6.61 Å². The van der Waals surface area contributed by atoms with Crippen molar-refractivity contribution in [1.82, 2.24) is 0 Å². The molecular formula is C19H19O2P. The molecule has 0 aliphatic carbocycles. The van der Waals surface area contributed by atoms with Crippen LogP contribution in [0.5, 0.6) is 0 Å². The monoisotopic (exact) mass is 310 g/mol. The van der Waals surface area contributed by atoms with Crippen LogP contribution in [-0.2, 0) is 6.61 Å². The molecular weight excluding hydrogens is 291 g/mol. The van der Waals surface area contributed by atoms with Gasteiger partial charge in [0.1, 0.15) is 0 Å². The van der Waals surface area contributed by atoms with Gasteiger partial charge in [0.2, 0.25) is 0 Å². The van der Waals surface area contributed by atoms with Gasteiger partial charge in [0, 0.05) is 0 Å². The predicted molar refractivity (Wildman–Crippen MR) is 94.7 cm³/mol. The van der Waals surface area contributed by atoms with Gasteiger partial charge in [0.15, 0.2) is 0 Å². The average molecular weight is 310 g/mol. The molecule has 3 heteroatoms. The predicted octanol–water partition coefficient (Wildman–Crippen LogP) is 2.11. The van der Waals surface area contributed by atoms with Crippen LogP contribution in [0, 0.1) is 0 Å². The molecule has 3 aromatic carbocycles. The zero-order valence-electron chi connectivity index (χ0n) is 12.2. The van der Waals surface area contributed by atoms with Gasteiger partial charge in [-0.15, -0.1) is 0 Å². The first-order valence-electron chi connectivity index (χ1n) is 7.29. The quantitative estimate of drug-likeness (QED) is 0.725. The van der Waals surface area contributed by atoms with E-state index in [1.165, 1.54) is 0 Å². The number of rotatable bonds is 4. The molecule has 3 aromatic rings. The molecule has 3 rings (SSSR count). The van der Waals surface area contributed by atoms with Gasteiger partial charge in [-0.2, -0.15) is 0 Å². The Bertz CT molecular complexity index is 685. The Kier molecular flexibility index (Phi) is 4.35. The molecule has 2 N–H and O–H groups in total. The van der Waals surface area contributed by atoms with Gasteiger partial charge in [0.05, 0.1) is 0 Å². The van der Waals surface area contributed by atoms with E-state index in [0.29, 0.717) is 0 Å². The van der Waals surface area contributed by atoms with Gasteiger partial charge in [-0.3, -0.25) is 0 Å². The van der Waals surface area contributed by atoms with Crippen molar-refractivity contribution < 1.29 is 10.00 Å². The Morgan fingerprint density at radius 2 is 1.00 bits per heavy atom. The van der Waals surface area contributed by atoms with Gasteiger partial charge in [-0.05, 0) is 0 Å². The van der Waals surface area contributed by atoms with Crippen LogP contribution in [0.1, 0.15) is 5.56 Å². The molecule has 0 saturated carbocycles. The molecule has 0 saturated heterocycles. The van der Waals surface area contributed by atoms with Crippen LogP contribution in [0.2, 0.25) is 0 Å². The van der Waals surface area contributed by atoms with Gasteiger partial charge >= 0.3 is 131 Å². The third kappa shape index (κ3) is 2.69. The molecule has 112 valence electrons. The molecule has 0 aliphatic heterocycles. The summed E-state index contributed by atoms with van der Waals surface area (Å²) in [6.45, 7) is 0.0109. The SMILES string of the molecule is OCc1ccc([PH](O)(c2ccccc2)c2ccccc2)cc1. The van der Waals surface area contributed by atoms with Crippen molar-refractivity contribution in [2.45, 2.75) is 6.61 Å². The van der Waals surface area contributed by atoms with Crippen LogP contribution in [0.15, 0.2) is 84.9 Å². The van der Waals surface area contributed by atoms with Crippen molar-refractivity contribution in [3.8, 4) is 0 Å². The van der Waals surface area contributed by atoms with E-state index >= 15 is 0 Å². The maximum absolute atomic E-state index is 11.7. The Hall–Kier alpha value is -1.99. The van der Waals surface area contributed by atoms with Crippen LogP contribution in [-0.4, -0.2) is 10.00 Å². The number of aliphatic hydroxyl groups is 1. The van der Waals surface area contributed by atoms with Crippen LogP contribution in [0.3, 0.4) is 0 Å². The van der Waals surface area contributed by atoms with Gasteiger partial charge in [-0.1, -0.05) is 0 Å². The third-order valence-electron chi connectivity index (χ3n) is 3.94. The van der Waals surface area contributed by atoms with Gasteiger partial charge in [-0.25, -0.2) is 0 Å². The topological polar surface area (TPSA) is 40.5 Å². The van der Waals surface area contributed by atoms with Crippen LogP contribution < -0.4 is 15.9 Å². The average Bonchev–Trinajstić information content (AvgIpc) is 2.62. The molecule has 0 aromatic heterocycles. The number of hydrogen-bond acceptors (Lipinski definition) is 2. The van der Waals surface area contributed by atoms with E-state index in [2.05, 4.69) is 0 Å². The van der Waals surface area contributed by atoms with E-state index in [4.69, 9.17) is 0 Å². The fraction of sp³-hybridized carbons (Fsp3) is 0.0526. The molecule has 0 fully saturated rings. The summed E-state index contributed by atoms with van der Waals surface area (Å²) in [4.78, 5) is 11.7. The van der Waals surface area contributed by atoms with Gasteiger partial charge in [0.25, 0.3) is 0 Å². The molecule has 22 heavy (non-hydrogen) atoms. The van der Waals surface area contributed by atoms with Crippen molar-refractivity contribution >= 4 is 23.4 Å². The molecule has 0 bridgehead atoms. The van der Waals surface area contributed by atoms with Gasteiger partial charge < -0.3 is 0 Å². The summed E-state index contributed by atoms with van der Waals surface area (Å²) in [5, 5.41) is 12.0. The Balaban J connectivity index is 2.18. The molecule has 2 nitrogen and oxygen atoms in total. The molecule has 0 atom stereocenters. The van der Waals surface area contributed by atoms with Crippen molar-refractivity contribution in [3.63, 3.8) is 0 Å². The Morgan fingerprint density at radius 1 is 0.591 bits per heavy atom. The number of aliphatic hydroxyl groups excluding tert-OH is 1. The second kappa shape index (κ2) is 6.41. The van der Waals surface area contributed by atoms with E-state index in [1.807, 2.05) is 84.9 Å². The summed E-state index contributed by atoms with van der Waals surface area (Å²) in [5.74, 6) is 0. The Labute approximate surface area is 131 Å². The second-order valence-corrected chi connectivity index (χ2v) is 8.45. The summed E-state index contributed by atoms with van der Waals surface area (Å²) < 4.78 is 0. The molecule has 0 amide bonds. The van der Waals surface area contributed by atoms with E-state index < -0.39 is 7.49 Å². The summed E-state index contributed by atoms with van der Waals surface area (Å²) in [5.41, 5.74) is 0.848. The van der Waals surface area contributed by atoms with E-state index in [1.54, 1.807) is 0 Å². The molecule has 0 spiro atoms. The van der Waals surface area contributed by atoms with Crippen molar-refractivity contribution in [2.24, 2.45) is 0 Å². The minimum absolute atomic E-state index is 0.0109. The summed E-state index contributed by atoms with van der Waals surface area (Å²) in [6, 6.07) is 27.3. The molecule has 0 heterocycles. The van der Waals surface area contributed by atoms with Crippen LogP contribution in [0.4, 0.5) is 0 Å². The second-order valence-electron chi connectivity index (χ2n) is 5.30. The standard InChI is InChI=1S/C19H19O2P/c20-15-16-11-13-19(14-12-16)22(21,17-7-3-1-4-8-17)18-9-5-2-6-10-18/h1-14,20-22H,15H2. The Morgan fingerprint density at radius 3 is 1.41 bits per heavy atom. The third-order valence-corrected chi connectivity index (χ3v) is 7.44. The summed E-state index contributed by atoms with van der Waals surface area (Å²) >= 11 is 0. The molecule has 0 aliphatic rings. The van der Waals surface area contributed by atoms with E-state index in [0.717, 1.165) is 21.5 Å². The molecule has 0 unspecified atom stereocenters. The first-order valence-corrected chi connectivity index (χ1v) is 9.23. The van der Waals surface area contributed by atoms with E-state index in [9.17, 15) is 10.00 Å². The normalized spacial score (nSPS) is 12.1. The van der Waals surface area contributed by atoms with Crippen LogP contribution in [0.25, 0.3) is 0 Å². The van der Waals surface area contributed by atoms with Crippen LogP contribution >= 0.6 is 7.49 Å². The maximum atomic E-state index is 11.7. The number of hydrogen-bond donors (Lipinski definition) is 2. The zero-order chi connectivity index (χ0) is 15.4. The minimum atomic E-state index is -3.00. The fourth-order valence-corrected chi connectivity index (χ4v) is 5.71. The summed E-state index contributed by atoms with van der Waals surface area (Å²) in [6.07, 6.45) is 0. The van der Waals surface area contributed by atoms with Crippen molar-refractivity contribution in [3.05, 3.63) is 90.5 Å². The zero-order valence-corrected chi connectivity index (χ0v) is 13.2. The van der Waals surface area contributed by atoms with Crippen molar-refractivity contribution in [1.29, 1.82) is 0 Å².